The van der Waals surface area contributed by atoms with Gasteiger partial charge in [-0.25, -0.2) is 4.39 Å². The van der Waals surface area contributed by atoms with Gasteiger partial charge in [0.05, 0.1) is 17.2 Å². The molecule has 0 aromatic heterocycles. The van der Waals surface area contributed by atoms with Gasteiger partial charge in [0.1, 0.15) is 5.82 Å². The smallest absolute Gasteiger partial charge is 0.255 e. The van der Waals surface area contributed by atoms with Gasteiger partial charge in [-0.1, -0.05) is 11.6 Å². The number of aliphatic hydroxyl groups excluding tert-OH is 1. The van der Waals surface area contributed by atoms with Crippen LogP contribution in [0.3, 0.4) is 0 Å². The molecule has 1 aromatic rings. The summed E-state index contributed by atoms with van der Waals surface area (Å²) in [7, 11) is 0. The minimum absolute atomic E-state index is 0.0833. The quantitative estimate of drug-likeness (QED) is 0.913. The number of hydrogen-bond acceptors (Lipinski definition) is 2. The molecule has 0 aliphatic heterocycles. The second-order valence-corrected chi connectivity index (χ2v) is 4.94. The number of hydrogen-bond donors (Lipinski definition) is 1. The summed E-state index contributed by atoms with van der Waals surface area (Å²) in [5, 5.41) is 9.11. The molecule has 0 atom stereocenters. The zero-order valence-electron chi connectivity index (χ0n) is 10.1. The molecule has 1 amide bonds. The first-order chi connectivity index (χ1) is 8.54. The van der Waals surface area contributed by atoms with Crippen LogP contribution in [0.1, 0.15) is 28.8 Å². The van der Waals surface area contributed by atoms with Crippen molar-refractivity contribution in [2.24, 2.45) is 0 Å². The zero-order chi connectivity index (χ0) is 13.3. The van der Waals surface area contributed by atoms with E-state index in [0.717, 1.165) is 18.9 Å². The molecule has 1 aromatic carbocycles. The molecule has 1 aliphatic carbocycles. The number of amides is 1. The minimum Gasteiger partial charge on any atom is -0.395 e. The van der Waals surface area contributed by atoms with Crippen LogP contribution in [0.2, 0.25) is 5.02 Å². The lowest BCUT2D eigenvalue weighted by atomic mass is 10.1. The number of aliphatic hydroxyl groups is 1. The van der Waals surface area contributed by atoms with Crippen LogP contribution in [0.15, 0.2) is 12.1 Å². The highest BCUT2D eigenvalue weighted by atomic mass is 35.5. The summed E-state index contributed by atoms with van der Waals surface area (Å²) in [4.78, 5) is 13.9. The molecule has 0 radical (unpaired) electrons. The maximum absolute atomic E-state index is 13.3. The highest BCUT2D eigenvalue weighted by Gasteiger charge is 2.33. The first-order valence-electron chi connectivity index (χ1n) is 5.92. The van der Waals surface area contributed by atoms with Crippen LogP contribution in [-0.4, -0.2) is 35.1 Å². The normalized spacial score (nSPS) is 14.7. The van der Waals surface area contributed by atoms with E-state index >= 15 is 0 Å². The average molecular weight is 272 g/mol. The molecule has 1 saturated carbocycles. The van der Waals surface area contributed by atoms with Crippen molar-refractivity contribution in [2.75, 3.05) is 13.2 Å². The molecular formula is C13H15ClFNO2. The Labute approximate surface area is 110 Å². The van der Waals surface area contributed by atoms with E-state index < -0.39 is 5.82 Å². The Kier molecular flexibility index (Phi) is 3.88. The Morgan fingerprint density at radius 2 is 2.22 bits per heavy atom. The van der Waals surface area contributed by atoms with Crippen molar-refractivity contribution in [1.29, 1.82) is 0 Å². The lowest BCUT2D eigenvalue weighted by Gasteiger charge is -2.22. The van der Waals surface area contributed by atoms with E-state index in [-0.39, 0.29) is 30.1 Å². The fourth-order valence-electron chi connectivity index (χ4n) is 1.92. The van der Waals surface area contributed by atoms with Crippen LogP contribution in [-0.2, 0) is 0 Å². The van der Waals surface area contributed by atoms with Gasteiger partial charge in [0, 0.05) is 12.6 Å². The van der Waals surface area contributed by atoms with Crippen molar-refractivity contribution in [3.05, 3.63) is 34.1 Å². The number of halogens is 2. The molecule has 98 valence electrons. The summed E-state index contributed by atoms with van der Waals surface area (Å²) in [6.45, 7) is 1.80. The van der Waals surface area contributed by atoms with Crippen molar-refractivity contribution in [3.63, 3.8) is 0 Å². The Morgan fingerprint density at radius 3 is 2.78 bits per heavy atom. The third-order valence-corrected chi connectivity index (χ3v) is 3.38. The van der Waals surface area contributed by atoms with E-state index in [1.165, 1.54) is 6.07 Å². The summed E-state index contributed by atoms with van der Waals surface area (Å²) in [5.74, 6) is -0.656. The average Bonchev–Trinajstić information content (AvgIpc) is 3.14. The van der Waals surface area contributed by atoms with E-state index in [2.05, 4.69) is 0 Å². The van der Waals surface area contributed by atoms with Gasteiger partial charge in [-0.2, -0.15) is 0 Å². The van der Waals surface area contributed by atoms with E-state index in [1.807, 2.05) is 0 Å². The molecule has 1 aliphatic rings. The lowest BCUT2D eigenvalue weighted by molar-refractivity contribution is 0.0707. The number of aryl methyl sites for hydroxylation is 1. The Hall–Kier alpha value is -1.13. The van der Waals surface area contributed by atoms with E-state index in [1.54, 1.807) is 11.8 Å². The van der Waals surface area contributed by atoms with Gasteiger partial charge in [0.25, 0.3) is 5.91 Å². The molecular weight excluding hydrogens is 257 g/mol. The highest BCUT2D eigenvalue weighted by molar-refractivity contribution is 6.33. The summed E-state index contributed by atoms with van der Waals surface area (Å²) in [5.41, 5.74) is 0.693. The number of rotatable bonds is 4. The second kappa shape index (κ2) is 5.24. The van der Waals surface area contributed by atoms with Crippen molar-refractivity contribution in [1.82, 2.24) is 4.90 Å². The van der Waals surface area contributed by atoms with Crippen LogP contribution in [0.4, 0.5) is 4.39 Å². The molecule has 0 heterocycles. The van der Waals surface area contributed by atoms with Crippen LogP contribution in [0, 0.1) is 12.7 Å². The van der Waals surface area contributed by atoms with Gasteiger partial charge in [0.2, 0.25) is 0 Å². The van der Waals surface area contributed by atoms with Crippen LogP contribution >= 0.6 is 11.6 Å². The zero-order valence-corrected chi connectivity index (χ0v) is 10.9. The molecule has 18 heavy (non-hydrogen) atoms. The third kappa shape index (κ3) is 2.65. The van der Waals surface area contributed by atoms with Gasteiger partial charge in [-0.15, -0.1) is 0 Å². The SMILES string of the molecule is Cc1cc(C(=O)N(CCO)C2CC2)c(Cl)cc1F. The Morgan fingerprint density at radius 1 is 1.56 bits per heavy atom. The molecule has 2 rings (SSSR count). The number of carbonyl (C=O) groups is 1. The van der Waals surface area contributed by atoms with Gasteiger partial charge in [0.15, 0.2) is 0 Å². The molecule has 1 fully saturated rings. The summed E-state index contributed by atoms with van der Waals surface area (Å²) < 4.78 is 13.3. The summed E-state index contributed by atoms with van der Waals surface area (Å²) in [6, 6.07) is 2.81. The number of carbonyl (C=O) groups excluding carboxylic acids is 1. The third-order valence-electron chi connectivity index (χ3n) is 3.07. The molecule has 0 unspecified atom stereocenters. The molecule has 0 spiro atoms. The van der Waals surface area contributed by atoms with Gasteiger partial charge >= 0.3 is 0 Å². The highest BCUT2D eigenvalue weighted by Crippen LogP contribution is 2.30. The number of nitrogens with zero attached hydrogens (tertiary/aromatic N) is 1. The van der Waals surface area contributed by atoms with E-state index in [0.29, 0.717) is 11.1 Å². The van der Waals surface area contributed by atoms with Crippen LogP contribution < -0.4 is 0 Å². The molecule has 5 heteroatoms. The van der Waals surface area contributed by atoms with Crippen molar-refractivity contribution < 1.29 is 14.3 Å². The van der Waals surface area contributed by atoms with Gasteiger partial charge < -0.3 is 10.0 Å². The lowest BCUT2D eigenvalue weighted by Crippen LogP contribution is -2.35. The first kappa shape index (κ1) is 13.3. The van der Waals surface area contributed by atoms with Crippen molar-refractivity contribution in [2.45, 2.75) is 25.8 Å². The molecule has 0 saturated heterocycles. The molecule has 1 N–H and O–H groups in total. The summed E-state index contributed by atoms with van der Waals surface area (Å²) in [6.07, 6.45) is 1.90. The predicted molar refractivity (Wildman–Crippen MR) is 67.3 cm³/mol. The minimum atomic E-state index is -0.420. The first-order valence-corrected chi connectivity index (χ1v) is 6.30. The predicted octanol–water partition coefficient (Wildman–Crippen LogP) is 2.38. The van der Waals surface area contributed by atoms with Gasteiger partial charge in [-0.05, 0) is 37.5 Å². The van der Waals surface area contributed by atoms with Crippen molar-refractivity contribution >= 4 is 17.5 Å². The second-order valence-electron chi connectivity index (χ2n) is 4.53. The summed E-state index contributed by atoms with van der Waals surface area (Å²) >= 11 is 5.92. The monoisotopic (exact) mass is 271 g/mol. The largest absolute Gasteiger partial charge is 0.395 e. The molecule has 0 bridgehead atoms. The number of benzene rings is 1. The Balaban J connectivity index is 2.29. The maximum atomic E-state index is 13.3. The van der Waals surface area contributed by atoms with E-state index in [4.69, 9.17) is 16.7 Å². The van der Waals surface area contributed by atoms with E-state index in [9.17, 15) is 9.18 Å². The fourth-order valence-corrected chi connectivity index (χ4v) is 2.15. The topological polar surface area (TPSA) is 40.5 Å². The standard InChI is InChI=1S/C13H15ClFNO2/c1-8-6-10(11(14)7-12(8)15)13(18)16(4-5-17)9-2-3-9/h6-7,9,17H,2-5H2,1H3. The molecule has 3 nitrogen and oxygen atoms in total. The Bertz CT molecular complexity index is 474. The van der Waals surface area contributed by atoms with Crippen molar-refractivity contribution in [3.8, 4) is 0 Å². The van der Waals surface area contributed by atoms with Crippen LogP contribution in [0.25, 0.3) is 0 Å². The fraction of sp³-hybridized carbons (Fsp3) is 0.462. The maximum Gasteiger partial charge on any atom is 0.255 e. The van der Waals surface area contributed by atoms with Crippen LogP contribution in [0.5, 0.6) is 0 Å². The van der Waals surface area contributed by atoms with Gasteiger partial charge in [-0.3, -0.25) is 4.79 Å².